The summed E-state index contributed by atoms with van der Waals surface area (Å²) >= 11 is 0. The Labute approximate surface area is 174 Å². The van der Waals surface area contributed by atoms with E-state index in [1.54, 1.807) is 5.56 Å². The summed E-state index contributed by atoms with van der Waals surface area (Å²) in [5.41, 5.74) is 2.01. The molecule has 0 aliphatic heterocycles. The molecule has 0 spiro atoms. The van der Waals surface area contributed by atoms with E-state index in [4.69, 9.17) is 4.74 Å². The molecule has 0 unspecified atom stereocenters. The van der Waals surface area contributed by atoms with Crippen LogP contribution < -0.4 is 0 Å². The number of rotatable bonds is 10. The number of unbranched alkanes of at least 4 members (excludes halogenated alkanes) is 2. The van der Waals surface area contributed by atoms with Gasteiger partial charge in [-0.15, -0.1) is 0 Å². The first-order chi connectivity index (χ1) is 13.8. The summed E-state index contributed by atoms with van der Waals surface area (Å²) in [5.74, 6) is 1.78. The largest absolute Gasteiger partial charge is 0.378 e. The third kappa shape index (κ3) is 6.09. The third-order valence-electron chi connectivity index (χ3n) is 7.75. The van der Waals surface area contributed by atoms with Gasteiger partial charge in [0, 0.05) is 6.61 Å². The van der Waals surface area contributed by atoms with E-state index in [-0.39, 0.29) is 0 Å². The van der Waals surface area contributed by atoms with E-state index in [1.165, 1.54) is 89.9 Å². The number of ether oxygens (including phenoxy) is 1. The highest BCUT2D eigenvalue weighted by Crippen LogP contribution is 2.45. The molecule has 0 aromatic heterocycles. The van der Waals surface area contributed by atoms with Crippen LogP contribution in [0.1, 0.15) is 109 Å². The lowest BCUT2D eigenvalue weighted by Gasteiger charge is -2.41. The minimum atomic E-state index is 0.434. The molecule has 1 heteroatoms. The van der Waals surface area contributed by atoms with Gasteiger partial charge < -0.3 is 4.74 Å². The normalized spacial score (nSPS) is 31.0. The second-order valence-electron chi connectivity index (χ2n) is 9.81. The summed E-state index contributed by atoms with van der Waals surface area (Å²) in [6.45, 7) is 5.67. The first kappa shape index (κ1) is 21.9. The van der Waals surface area contributed by atoms with E-state index in [0.29, 0.717) is 11.5 Å². The van der Waals surface area contributed by atoms with Gasteiger partial charge >= 0.3 is 0 Å². The standard InChI is InChI=1S/C27H44O/c1-3-5-7-10-23-13-15-26(16-14-23)28-22-24-17-20-27(19-4-2,21-18-24)25-11-8-6-9-12-25/h6,8-9,11-12,23-24,26H,3-5,7,10,13-22H2,1-2H3. The average molecular weight is 385 g/mol. The molecule has 0 saturated heterocycles. The quantitative estimate of drug-likeness (QED) is 0.370. The molecule has 0 bridgehead atoms. The Morgan fingerprint density at radius 2 is 1.54 bits per heavy atom. The second kappa shape index (κ2) is 11.4. The highest BCUT2D eigenvalue weighted by atomic mass is 16.5. The molecule has 2 fully saturated rings. The van der Waals surface area contributed by atoms with Gasteiger partial charge in [0.05, 0.1) is 6.10 Å². The van der Waals surface area contributed by atoms with Crippen molar-refractivity contribution in [3.8, 4) is 0 Å². The van der Waals surface area contributed by atoms with Gasteiger partial charge in [-0.05, 0) is 80.6 Å². The van der Waals surface area contributed by atoms with Gasteiger partial charge in [-0.3, -0.25) is 0 Å². The van der Waals surface area contributed by atoms with Crippen LogP contribution in [0, 0.1) is 11.8 Å². The lowest BCUT2D eigenvalue weighted by Crippen LogP contribution is -2.34. The lowest BCUT2D eigenvalue weighted by molar-refractivity contribution is -0.0121. The molecule has 1 aromatic carbocycles. The van der Waals surface area contributed by atoms with Crippen molar-refractivity contribution in [2.45, 2.75) is 115 Å². The Bertz CT molecular complexity index is 520. The molecule has 0 amide bonds. The molecule has 1 aromatic rings. The molecule has 0 radical (unpaired) electrons. The van der Waals surface area contributed by atoms with Crippen LogP contribution in [0.4, 0.5) is 0 Å². The van der Waals surface area contributed by atoms with E-state index in [0.717, 1.165) is 18.4 Å². The van der Waals surface area contributed by atoms with Crippen LogP contribution in [0.25, 0.3) is 0 Å². The zero-order valence-electron chi connectivity index (χ0n) is 18.6. The zero-order chi connectivity index (χ0) is 19.7. The van der Waals surface area contributed by atoms with Gasteiger partial charge in [0.2, 0.25) is 0 Å². The van der Waals surface area contributed by atoms with Gasteiger partial charge in [0.15, 0.2) is 0 Å². The summed E-state index contributed by atoms with van der Waals surface area (Å²) in [5, 5.41) is 0. The fourth-order valence-corrected chi connectivity index (χ4v) is 5.89. The fraction of sp³-hybridized carbons (Fsp3) is 0.778. The van der Waals surface area contributed by atoms with Gasteiger partial charge in [-0.1, -0.05) is 76.3 Å². The fourth-order valence-electron chi connectivity index (χ4n) is 5.89. The minimum absolute atomic E-state index is 0.434. The molecule has 28 heavy (non-hydrogen) atoms. The molecular weight excluding hydrogens is 340 g/mol. The smallest absolute Gasteiger partial charge is 0.0575 e. The van der Waals surface area contributed by atoms with Crippen molar-refractivity contribution in [3.05, 3.63) is 35.9 Å². The van der Waals surface area contributed by atoms with Crippen LogP contribution in [-0.4, -0.2) is 12.7 Å². The van der Waals surface area contributed by atoms with Crippen molar-refractivity contribution < 1.29 is 4.74 Å². The summed E-state index contributed by atoms with van der Waals surface area (Å²) in [6, 6.07) is 11.3. The molecule has 0 heterocycles. The van der Waals surface area contributed by atoms with Crippen molar-refractivity contribution in [1.82, 2.24) is 0 Å². The maximum atomic E-state index is 6.43. The van der Waals surface area contributed by atoms with Crippen LogP contribution in [-0.2, 0) is 10.2 Å². The highest BCUT2D eigenvalue weighted by Gasteiger charge is 2.36. The van der Waals surface area contributed by atoms with Crippen LogP contribution >= 0.6 is 0 Å². The van der Waals surface area contributed by atoms with E-state index in [1.807, 2.05) is 0 Å². The Kier molecular flexibility index (Phi) is 8.90. The van der Waals surface area contributed by atoms with E-state index in [9.17, 15) is 0 Å². The van der Waals surface area contributed by atoms with Crippen molar-refractivity contribution in [3.63, 3.8) is 0 Å². The predicted molar refractivity (Wildman–Crippen MR) is 121 cm³/mol. The van der Waals surface area contributed by atoms with Crippen molar-refractivity contribution >= 4 is 0 Å². The molecule has 0 N–H and O–H groups in total. The minimum Gasteiger partial charge on any atom is -0.378 e. The Balaban J connectivity index is 1.39. The Morgan fingerprint density at radius 3 is 2.18 bits per heavy atom. The van der Waals surface area contributed by atoms with Gasteiger partial charge in [0.1, 0.15) is 0 Å². The molecule has 158 valence electrons. The van der Waals surface area contributed by atoms with Crippen LogP contribution in [0.2, 0.25) is 0 Å². The van der Waals surface area contributed by atoms with Crippen LogP contribution in [0.3, 0.4) is 0 Å². The highest BCUT2D eigenvalue weighted by molar-refractivity contribution is 5.26. The molecule has 2 aliphatic rings. The number of hydrogen-bond acceptors (Lipinski definition) is 1. The van der Waals surface area contributed by atoms with Gasteiger partial charge in [-0.2, -0.15) is 0 Å². The van der Waals surface area contributed by atoms with Crippen molar-refractivity contribution in [1.29, 1.82) is 0 Å². The maximum Gasteiger partial charge on any atom is 0.0575 e. The first-order valence-corrected chi connectivity index (χ1v) is 12.4. The van der Waals surface area contributed by atoms with E-state index in [2.05, 4.69) is 44.2 Å². The molecule has 2 saturated carbocycles. The third-order valence-corrected chi connectivity index (χ3v) is 7.75. The SMILES string of the molecule is CCCCCC1CCC(OCC2CCC(CCC)(c3ccccc3)CC2)CC1. The summed E-state index contributed by atoms with van der Waals surface area (Å²) in [7, 11) is 0. The lowest BCUT2D eigenvalue weighted by atomic mass is 9.64. The molecular formula is C27H44O. The van der Waals surface area contributed by atoms with E-state index < -0.39 is 0 Å². The average Bonchev–Trinajstić information content (AvgIpc) is 2.75. The zero-order valence-corrected chi connectivity index (χ0v) is 18.6. The van der Waals surface area contributed by atoms with Crippen molar-refractivity contribution in [2.75, 3.05) is 6.61 Å². The van der Waals surface area contributed by atoms with Gasteiger partial charge in [0.25, 0.3) is 0 Å². The molecule has 2 aliphatic carbocycles. The summed E-state index contributed by atoms with van der Waals surface area (Å²) in [4.78, 5) is 0. The molecule has 1 nitrogen and oxygen atoms in total. The summed E-state index contributed by atoms with van der Waals surface area (Å²) < 4.78 is 6.43. The number of hydrogen-bond donors (Lipinski definition) is 0. The Hall–Kier alpha value is -0.820. The first-order valence-electron chi connectivity index (χ1n) is 12.4. The monoisotopic (exact) mass is 384 g/mol. The van der Waals surface area contributed by atoms with Crippen LogP contribution in [0.15, 0.2) is 30.3 Å². The van der Waals surface area contributed by atoms with Crippen molar-refractivity contribution in [2.24, 2.45) is 11.8 Å². The maximum absolute atomic E-state index is 6.43. The second-order valence-corrected chi connectivity index (χ2v) is 9.81. The molecule has 0 atom stereocenters. The number of benzene rings is 1. The predicted octanol–water partition coefficient (Wildman–Crippen LogP) is 8.07. The Morgan fingerprint density at radius 1 is 0.821 bits per heavy atom. The molecule has 3 rings (SSSR count). The topological polar surface area (TPSA) is 9.23 Å². The van der Waals surface area contributed by atoms with E-state index >= 15 is 0 Å². The van der Waals surface area contributed by atoms with Crippen LogP contribution in [0.5, 0.6) is 0 Å². The van der Waals surface area contributed by atoms with Gasteiger partial charge in [-0.25, -0.2) is 0 Å². The summed E-state index contributed by atoms with van der Waals surface area (Å²) in [6.07, 6.45) is 19.7.